The molecule has 1 saturated heterocycles. The number of aliphatic hydroxyl groups excluding tert-OH is 1. The van der Waals surface area contributed by atoms with Crippen molar-refractivity contribution in [1.29, 1.82) is 0 Å². The number of aliphatic carboxylic acids is 1. The highest BCUT2D eigenvalue weighted by Crippen LogP contribution is 2.65. The van der Waals surface area contributed by atoms with Crippen molar-refractivity contribution in [1.82, 2.24) is 0 Å². The van der Waals surface area contributed by atoms with E-state index in [1.54, 1.807) is 14.2 Å². The molecule has 1 aliphatic heterocycles. The number of carboxylic acids is 1. The van der Waals surface area contributed by atoms with Gasteiger partial charge in [-0.15, -0.1) is 0 Å². The zero-order valence-corrected chi connectivity index (χ0v) is 17.6. The molecule has 0 aromatic rings. The maximum Gasteiger partial charge on any atom is 0.313 e. The van der Waals surface area contributed by atoms with Crippen LogP contribution in [0.25, 0.3) is 0 Å². The molecular weight excluding hydrogens is 360 g/mol. The van der Waals surface area contributed by atoms with Crippen molar-refractivity contribution in [2.24, 2.45) is 28.6 Å². The lowest BCUT2D eigenvalue weighted by Crippen LogP contribution is -2.52. The summed E-state index contributed by atoms with van der Waals surface area (Å²) in [7, 11) is 3.33. The van der Waals surface area contributed by atoms with Gasteiger partial charge in [-0.25, -0.2) is 0 Å². The van der Waals surface area contributed by atoms with Gasteiger partial charge in [0.1, 0.15) is 0 Å². The van der Waals surface area contributed by atoms with Crippen molar-refractivity contribution >= 4 is 5.97 Å². The summed E-state index contributed by atoms with van der Waals surface area (Å²) in [6, 6.07) is 0. The van der Waals surface area contributed by atoms with E-state index in [1.165, 1.54) is 5.57 Å². The van der Waals surface area contributed by atoms with Crippen LogP contribution in [-0.4, -0.2) is 55.0 Å². The third-order valence-electron chi connectivity index (χ3n) is 8.44. The lowest BCUT2D eigenvalue weighted by atomic mass is 9.53. The summed E-state index contributed by atoms with van der Waals surface area (Å²) >= 11 is 0. The first kappa shape index (κ1) is 20.3. The van der Waals surface area contributed by atoms with Crippen LogP contribution in [0.2, 0.25) is 0 Å². The summed E-state index contributed by atoms with van der Waals surface area (Å²) in [6.07, 6.45) is 1.96. The Hall–Kier alpha value is -0.950. The zero-order valence-electron chi connectivity index (χ0n) is 17.6. The third-order valence-corrected chi connectivity index (χ3v) is 8.44. The van der Waals surface area contributed by atoms with Crippen LogP contribution in [0.3, 0.4) is 0 Å². The summed E-state index contributed by atoms with van der Waals surface area (Å²) in [5.74, 6) is -0.564. The average Bonchev–Trinajstić information content (AvgIpc) is 3.17. The predicted octanol–water partition coefficient (Wildman–Crippen LogP) is 2.99. The Morgan fingerprint density at radius 2 is 1.93 bits per heavy atom. The van der Waals surface area contributed by atoms with Gasteiger partial charge in [0, 0.05) is 19.6 Å². The van der Waals surface area contributed by atoms with Crippen LogP contribution in [0.15, 0.2) is 11.1 Å². The Balaban J connectivity index is 1.89. The maximum atomic E-state index is 12.5. The van der Waals surface area contributed by atoms with Gasteiger partial charge < -0.3 is 24.4 Å². The summed E-state index contributed by atoms with van der Waals surface area (Å²) in [4.78, 5) is 12.5. The molecular formula is C22H34O6. The van der Waals surface area contributed by atoms with Crippen molar-refractivity contribution in [3.05, 3.63) is 11.1 Å². The van der Waals surface area contributed by atoms with Crippen molar-refractivity contribution in [2.45, 2.75) is 77.5 Å². The minimum Gasteiger partial charge on any atom is -0.481 e. The smallest absolute Gasteiger partial charge is 0.313 e. The fraction of sp³-hybridized carbons (Fsp3) is 0.864. The largest absolute Gasteiger partial charge is 0.481 e. The number of carboxylic acid groups (broad SMARTS) is 1. The SMILES string of the molecule is CO[C@H]1[C@H]2C(O)O[C@@H]1[C@]1(C)CC[C@@]3(C(=O)O)CCC(C(C)C)=C3[C@H]1C[C@@H]2OC. The molecule has 1 heterocycles. The molecule has 158 valence electrons. The molecule has 3 fully saturated rings. The zero-order chi connectivity index (χ0) is 20.4. The van der Waals surface area contributed by atoms with Gasteiger partial charge in [0.25, 0.3) is 0 Å². The number of aliphatic hydroxyl groups is 1. The molecule has 28 heavy (non-hydrogen) atoms. The second-order valence-corrected chi connectivity index (χ2v) is 9.77. The topological polar surface area (TPSA) is 85.2 Å². The van der Waals surface area contributed by atoms with E-state index in [9.17, 15) is 15.0 Å². The van der Waals surface area contributed by atoms with E-state index in [0.717, 1.165) is 18.4 Å². The minimum atomic E-state index is -0.911. The van der Waals surface area contributed by atoms with E-state index in [-0.39, 0.29) is 35.6 Å². The normalized spacial score (nSPS) is 47.8. The summed E-state index contributed by atoms with van der Waals surface area (Å²) < 4.78 is 17.8. The quantitative estimate of drug-likeness (QED) is 0.713. The van der Waals surface area contributed by atoms with Crippen LogP contribution in [0, 0.1) is 28.6 Å². The lowest BCUT2D eigenvalue weighted by molar-refractivity contribution is -0.184. The Morgan fingerprint density at radius 1 is 1.21 bits per heavy atom. The molecule has 0 amide bonds. The maximum absolute atomic E-state index is 12.5. The van der Waals surface area contributed by atoms with Gasteiger partial charge in [-0.1, -0.05) is 26.3 Å². The van der Waals surface area contributed by atoms with E-state index in [2.05, 4.69) is 20.8 Å². The fourth-order valence-corrected chi connectivity index (χ4v) is 6.92. The van der Waals surface area contributed by atoms with Crippen molar-refractivity contribution in [3.8, 4) is 0 Å². The van der Waals surface area contributed by atoms with Gasteiger partial charge in [0.15, 0.2) is 6.29 Å². The molecule has 4 aliphatic rings. The number of ether oxygens (including phenoxy) is 3. The monoisotopic (exact) mass is 394 g/mol. The second kappa shape index (κ2) is 6.79. The highest BCUT2D eigenvalue weighted by molar-refractivity contribution is 5.81. The van der Waals surface area contributed by atoms with Crippen LogP contribution in [0.4, 0.5) is 0 Å². The molecule has 3 aliphatic carbocycles. The number of carbonyl (C=O) groups is 1. The summed E-state index contributed by atoms with van der Waals surface area (Å²) in [5.41, 5.74) is 1.39. The molecule has 0 spiro atoms. The van der Waals surface area contributed by atoms with E-state index >= 15 is 0 Å². The number of hydrogen-bond donors (Lipinski definition) is 2. The van der Waals surface area contributed by atoms with Gasteiger partial charge >= 0.3 is 5.97 Å². The second-order valence-electron chi connectivity index (χ2n) is 9.77. The number of rotatable bonds is 4. The molecule has 6 nitrogen and oxygen atoms in total. The Morgan fingerprint density at radius 3 is 2.50 bits per heavy atom. The summed E-state index contributed by atoms with van der Waals surface area (Å²) in [5, 5.41) is 20.9. The van der Waals surface area contributed by atoms with Gasteiger partial charge in [0.05, 0.1) is 29.6 Å². The van der Waals surface area contributed by atoms with Crippen LogP contribution < -0.4 is 0 Å². The molecule has 2 N–H and O–H groups in total. The van der Waals surface area contributed by atoms with Gasteiger partial charge in [-0.05, 0) is 49.5 Å². The first-order valence-corrected chi connectivity index (χ1v) is 10.6. The van der Waals surface area contributed by atoms with E-state index in [0.29, 0.717) is 25.2 Å². The van der Waals surface area contributed by atoms with Gasteiger partial charge in [-0.2, -0.15) is 0 Å². The highest BCUT2D eigenvalue weighted by atomic mass is 16.6. The van der Waals surface area contributed by atoms with Crippen LogP contribution in [-0.2, 0) is 19.0 Å². The van der Waals surface area contributed by atoms with Gasteiger partial charge in [-0.3, -0.25) is 4.79 Å². The van der Waals surface area contributed by atoms with Crippen molar-refractivity contribution < 1.29 is 29.2 Å². The van der Waals surface area contributed by atoms with Crippen molar-refractivity contribution in [3.63, 3.8) is 0 Å². The minimum absolute atomic E-state index is 0.0577. The third kappa shape index (κ3) is 2.51. The standard InChI is InChI=1S/C22H34O6/c1-11(2)12-6-7-22(20(24)25)9-8-21(3)13(16(12)22)10-14(26-4)15-17(27-5)18(21)28-19(15)23/h11,13-15,17-19,23H,6-10H2,1-5H3,(H,24,25)/t13-,14+,15+,17+,18+,19?,21-,22+/m1/s1. The van der Waals surface area contributed by atoms with Crippen LogP contribution in [0.1, 0.15) is 52.9 Å². The molecule has 8 atom stereocenters. The Kier molecular flexibility index (Phi) is 4.93. The Labute approximate surface area is 167 Å². The van der Waals surface area contributed by atoms with Crippen molar-refractivity contribution in [2.75, 3.05) is 14.2 Å². The molecule has 1 unspecified atom stereocenters. The highest BCUT2D eigenvalue weighted by Gasteiger charge is 2.66. The van der Waals surface area contributed by atoms with Crippen LogP contribution >= 0.6 is 0 Å². The molecule has 2 bridgehead atoms. The fourth-order valence-electron chi connectivity index (χ4n) is 6.92. The van der Waals surface area contributed by atoms with Gasteiger partial charge in [0.2, 0.25) is 0 Å². The van der Waals surface area contributed by atoms with Crippen LogP contribution in [0.5, 0.6) is 0 Å². The first-order valence-electron chi connectivity index (χ1n) is 10.6. The molecule has 2 saturated carbocycles. The summed E-state index contributed by atoms with van der Waals surface area (Å²) in [6.45, 7) is 6.54. The molecule has 0 aromatic heterocycles. The lowest BCUT2D eigenvalue weighted by Gasteiger charge is -2.52. The van der Waals surface area contributed by atoms with E-state index in [1.807, 2.05) is 0 Å². The molecule has 4 rings (SSSR count). The number of methoxy groups -OCH3 is 2. The average molecular weight is 395 g/mol. The number of allylic oxidation sites excluding steroid dienone is 1. The Bertz CT molecular complexity index is 687. The first-order chi connectivity index (χ1) is 13.2. The molecule has 0 aromatic carbocycles. The predicted molar refractivity (Wildman–Crippen MR) is 103 cm³/mol. The molecule has 6 heteroatoms. The van der Waals surface area contributed by atoms with E-state index < -0.39 is 17.7 Å². The number of hydrogen-bond acceptors (Lipinski definition) is 5. The van der Waals surface area contributed by atoms with E-state index in [4.69, 9.17) is 14.2 Å². The molecule has 0 radical (unpaired) electrons. The number of fused-ring (bicyclic) bond motifs is 6.